The fourth-order valence-corrected chi connectivity index (χ4v) is 2.90. The first-order valence-electron chi connectivity index (χ1n) is 7.46. The van der Waals surface area contributed by atoms with Crippen LogP contribution in [0.1, 0.15) is 5.56 Å². The Bertz CT molecular complexity index is 646. The van der Waals surface area contributed by atoms with E-state index >= 15 is 0 Å². The normalized spacial score (nSPS) is 10.3. The average Bonchev–Trinajstić information content (AvgIpc) is 3.11. The number of thiophene rings is 1. The van der Waals surface area contributed by atoms with Gasteiger partial charge in [0, 0.05) is 20.2 Å². The number of ether oxygens (including phenoxy) is 3. The SMILES string of the molecule is COCCN(Cc1ccsc1)C(=O)Nc1cccc(OC)c1OC. The molecular formula is C17H22N2O4S. The first-order chi connectivity index (χ1) is 11.7. The summed E-state index contributed by atoms with van der Waals surface area (Å²) in [5.74, 6) is 1.06. The van der Waals surface area contributed by atoms with Gasteiger partial charge in [0.05, 0.1) is 26.5 Å². The molecule has 0 fully saturated rings. The van der Waals surface area contributed by atoms with Gasteiger partial charge in [0.15, 0.2) is 11.5 Å². The van der Waals surface area contributed by atoms with Gasteiger partial charge in [-0.05, 0) is 34.5 Å². The van der Waals surface area contributed by atoms with E-state index < -0.39 is 0 Å². The number of hydrogen-bond donors (Lipinski definition) is 1. The van der Waals surface area contributed by atoms with E-state index in [1.165, 1.54) is 0 Å². The Morgan fingerprint density at radius 1 is 1.21 bits per heavy atom. The molecule has 130 valence electrons. The van der Waals surface area contributed by atoms with Crippen LogP contribution < -0.4 is 14.8 Å². The summed E-state index contributed by atoms with van der Waals surface area (Å²) in [5.41, 5.74) is 1.65. The summed E-state index contributed by atoms with van der Waals surface area (Å²) >= 11 is 1.61. The van der Waals surface area contributed by atoms with Gasteiger partial charge in [-0.3, -0.25) is 0 Å². The van der Waals surface area contributed by atoms with Crippen molar-refractivity contribution in [3.8, 4) is 11.5 Å². The Labute approximate surface area is 145 Å². The zero-order valence-corrected chi connectivity index (χ0v) is 14.9. The molecule has 0 bridgehead atoms. The van der Waals surface area contributed by atoms with Gasteiger partial charge in [0.1, 0.15) is 0 Å². The molecule has 0 spiro atoms. The zero-order chi connectivity index (χ0) is 17.4. The molecule has 1 heterocycles. The molecule has 2 rings (SSSR count). The summed E-state index contributed by atoms with van der Waals surface area (Å²) in [6, 6.07) is 7.14. The van der Waals surface area contributed by atoms with Gasteiger partial charge in [-0.2, -0.15) is 11.3 Å². The Morgan fingerprint density at radius 2 is 2.04 bits per heavy atom. The highest BCUT2D eigenvalue weighted by atomic mass is 32.1. The molecule has 1 aromatic carbocycles. The first-order valence-corrected chi connectivity index (χ1v) is 8.40. The number of carbonyl (C=O) groups excluding carboxylic acids is 1. The van der Waals surface area contributed by atoms with E-state index in [-0.39, 0.29) is 6.03 Å². The number of nitrogens with one attached hydrogen (secondary N) is 1. The zero-order valence-electron chi connectivity index (χ0n) is 14.1. The largest absolute Gasteiger partial charge is 0.493 e. The predicted molar refractivity (Wildman–Crippen MR) is 95.2 cm³/mol. The summed E-state index contributed by atoms with van der Waals surface area (Å²) in [6.45, 7) is 1.47. The maximum atomic E-state index is 12.7. The molecule has 0 radical (unpaired) electrons. The highest BCUT2D eigenvalue weighted by Crippen LogP contribution is 2.34. The number of urea groups is 1. The van der Waals surface area contributed by atoms with Crippen LogP contribution in [0.2, 0.25) is 0 Å². The lowest BCUT2D eigenvalue weighted by molar-refractivity contribution is 0.153. The molecular weight excluding hydrogens is 328 g/mol. The summed E-state index contributed by atoms with van der Waals surface area (Å²) in [5, 5.41) is 6.91. The van der Waals surface area contributed by atoms with E-state index in [2.05, 4.69) is 5.32 Å². The van der Waals surface area contributed by atoms with Crippen molar-refractivity contribution in [2.75, 3.05) is 39.8 Å². The molecule has 6 nitrogen and oxygen atoms in total. The van der Waals surface area contributed by atoms with Crippen molar-refractivity contribution < 1.29 is 19.0 Å². The maximum Gasteiger partial charge on any atom is 0.322 e. The monoisotopic (exact) mass is 350 g/mol. The number of para-hydroxylation sites is 1. The second-order valence-electron chi connectivity index (χ2n) is 5.02. The van der Waals surface area contributed by atoms with Gasteiger partial charge in [-0.15, -0.1) is 0 Å². The van der Waals surface area contributed by atoms with E-state index in [0.29, 0.717) is 36.9 Å². The van der Waals surface area contributed by atoms with Crippen molar-refractivity contribution >= 4 is 23.1 Å². The van der Waals surface area contributed by atoms with Crippen LogP contribution in [0.15, 0.2) is 35.0 Å². The number of anilines is 1. The smallest absolute Gasteiger partial charge is 0.322 e. The minimum atomic E-state index is -0.218. The van der Waals surface area contributed by atoms with E-state index in [9.17, 15) is 4.79 Å². The molecule has 2 amide bonds. The quantitative estimate of drug-likeness (QED) is 0.792. The van der Waals surface area contributed by atoms with Crippen LogP contribution in [-0.2, 0) is 11.3 Å². The molecule has 0 atom stereocenters. The Balaban J connectivity index is 2.14. The number of benzene rings is 1. The lowest BCUT2D eigenvalue weighted by atomic mass is 10.2. The highest BCUT2D eigenvalue weighted by Gasteiger charge is 2.17. The third-order valence-corrected chi connectivity index (χ3v) is 4.18. The number of methoxy groups -OCH3 is 3. The molecule has 24 heavy (non-hydrogen) atoms. The molecule has 0 unspecified atom stereocenters. The number of amides is 2. The van der Waals surface area contributed by atoms with Crippen molar-refractivity contribution in [2.24, 2.45) is 0 Å². The van der Waals surface area contributed by atoms with Crippen molar-refractivity contribution in [1.29, 1.82) is 0 Å². The van der Waals surface area contributed by atoms with E-state index in [1.807, 2.05) is 16.8 Å². The van der Waals surface area contributed by atoms with Crippen LogP contribution in [0.4, 0.5) is 10.5 Å². The van der Waals surface area contributed by atoms with Gasteiger partial charge in [-0.1, -0.05) is 6.07 Å². The Morgan fingerprint density at radius 3 is 2.67 bits per heavy atom. The minimum Gasteiger partial charge on any atom is -0.493 e. The molecule has 7 heteroatoms. The van der Waals surface area contributed by atoms with Gasteiger partial charge in [-0.25, -0.2) is 4.79 Å². The van der Waals surface area contributed by atoms with Gasteiger partial charge < -0.3 is 24.4 Å². The predicted octanol–water partition coefficient (Wildman–Crippen LogP) is 3.45. The van der Waals surface area contributed by atoms with Crippen LogP contribution in [0, 0.1) is 0 Å². The van der Waals surface area contributed by atoms with Crippen LogP contribution in [0.3, 0.4) is 0 Å². The molecule has 1 N–H and O–H groups in total. The molecule has 0 aliphatic heterocycles. The second kappa shape index (κ2) is 9.14. The topological polar surface area (TPSA) is 60.0 Å². The third-order valence-electron chi connectivity index (χ3n) is 3.45. The fourth-order valence-electron chi connectivity index (χ4n) is 2.24. The van der Waals surface area contributed by atoms with Crippen LogP contribution >= 0.6 is 11.3 Å². The van der Waals surface area contributed by atoms with Crippen molar-refractivity contribution in [3.05, 3.63) is 40.6 Å². The molecule has 0 saturated carbocycles. The first kappa shape index (κ1) is 18.1. The van der Waals surface area contributed by atoms with Crippen LogP contribution in [0.25, 0.3) is 0 Å². The van der Waals surface area contributed by atoms with Crippen molar-refractivity contribution in [2.45, 2.75) is 6.54 Å². The summed E-state index contributed by atoms with van der Waals surface area (Å²) in [4.78, 5) is 14.4. The van der Waals surface area contributed by atoms with Gasteiger partial charge in [0.2, 0.25) is 0 Å². The van der Waals surface area contributed by atoms with E-state index in [0.717, 1.165) is 5.56 Å². The second-order valence-corrected chi connectivity index (χ2v) is 5.80. The van der Waals surface area contributed by atoms with E-state index in [1.54, 1.807) is 55.8 Å². The average molecular weight is 350 g/mol. The van der Waals surface area contributed by atoms with Crippen molar-refractivity contribution in [3.63, 3.8) is 0 Å². The number of carbonyl (C=O) groups is 1. The van der Waals surface area contributed by atoms with Crippen molar-refractivity contribution in [1.82, 2.24) is 4.90 Å². The molecule has 1 aromatic heterocycles. The van der Waals surface area contributed by atoms with E-state index in [4.69, 9.17) is 14.2 Å². The number of rotatable bonds is 8. The standard InChI is InChI=1S/C17H22N2O4S/c1-21-9-8-19(11-13-7-10-24-12-13)17(20)18-14-5-4-6-15(22-2)16(14)23-3/h4-7,10,12H,8-9,11H2,1-3H3,(H,18,20). The van der Waals surface area contributed by atoms with Crippen LogP contribution in [0.5, 0.6) is 11.5 Å². The third kappa shape index (κ3) is 4.62. The van der Waals surface area contributed by atoms with Crippen LogP contribution in [-0.4, -0.2) is 45.4 Å². The summed E-state index contributed by atoms with van der Waals surface area (Å²) in [7, 11) is 4.72. The summed E-state index contributed by atoms with van der Waals surface area (Å²) < 4.78 is 15.7. The fraction of sp³-hybridized carbons (Fsp3) is 0.353. The number of hydrogen-bond acceptors (Lipinski definition) is 5. The van der Waals surface area contributed by atoms with Gasteiger partial charge >= 0.3 is 6.03 Å². The maximum absolute atomic E-state index is 12.7. The highest BCUT2D eigenvalue weighted by molar-refractivity contribution is 7.07. The Hall–Kier alpha value is -2.25. The lowest BCUT2D eigenvalue weighted by Crippen LogP contribution is -2.36. The summed E-state index contributed by atoms with van der Waals surface area (Å²) in [6.07, 6.45) is 0. The molecule has 0 aliphatic rings. The molecule has 0 aliphatic carbocycles. The lowest BCUT2D eigenvalue weighted by Gasteiger charge is -2.23. The molecule has 2 aromatic rings. The van der Waals surface area contributed by atoms with Gasteiger partial charge in [0.25, 0.3) is 0 Å². The Kier molecular flexibility index (Phi) is 6.89. The minimum absolute atomic E-state index is 0.218. The number of nitrogens with zero attached hydrogens (tertiary/aromatic N) is 1. The molecule has 0 saturated heterocycles.